The van der Waals surface area contributed by atoms with Crippen molar-refractivity contribution in [1.29, 1.82) is 0 Å². The summed E-state index contributed by atoms with van der Waals surface area (Å²) in [6, 6.07) is 8.66. The third kappa shape index (κ3) is 3.20. The van der Waals surface area contributed by atoms with Crippen LogP contribution >= 0.6 is 0 Å². The number of hydrogen-bond donors (Lipinski definition) is 2. The van der Waals surface area contributed by atoms with Crippen LogP contribution < -0.4 is 19.1 Å². The number of quaternary nitrogens is 1. The van der Waals surface area contributed by atoms with Gasteiger partial charge in [0.2, 0.25) is 5.78 Å². The number of para-hydroxylation sites is 1. The number of rotatable bonds is 5. The maximum atomic E-state index is 12.9. The van der Waals surface area contributed by atoms with Crippen LogP contribution in [0.2, 0.25) is 0 Å². The number of allylic oxidation sites excluding steroid dienone is 1. The maximum absolute atomic E-state index is 12.9. The zero-order chi connectivity index (χ0) is 19.7. The zero-order valence-electron chi connectivity index (χ0n) is 16.1. The Morgan fingerprint density at radius 1 is 1.14 bits per heavy atom. The van der Waals surface area contributed by atoms with Crippen LogP contribution in [-0.2, 0) is 6.54 Å². The lowest BCUT2D eigenvalue weighted by Gasteiger charge is -2.15. The summed E-state index contributed by atoms with van der Waals surface area (Å²) in [4.78, 5) is 14.3. The molecule has 0 saturated carbocycles. The molecule has 0 radical (unpaired) electrons. The monoisotopic (exact) mass is 382 g/mol. The van der Waals surface area contributed by atoms with Gasteiger partial charge in [0.15, 0.2) is 23.0 Å². The van der Waals surface area contributed by atoms with Gasteiger partial charge in [-0.05, 0) is 24.3 Å². The Kier molecular flexibility index (Phi) is 4.96. The molecule has 1 fully saturated rings. The van der Waals surface area contributed by atoms with Crippen molar-refractivity contribution in [3.8, 4) is 23.0 Å². The Morgan fingerprint density at radius 3 is 2.64 bits per heavy atom. The van der Waals surface area contributed by atoms with Gasteiger partial charge in [0.1, 0.15) is 12.3 Å². The smallest absolute Gasteiger partial charge is 0.231 e. The summed E-state index contributed by atoms with van der Waals surface area (Å²) in [5.41, 5.74) is 1.87. The van der Waals surface area contributed by atoms with Gasteiger partial charge < -0.3 is 24.2 Å². The number of hydrogen-bond acceptors (Lipinski definition) is 5. The minimum absolute atomic E-state index is 0.172. The molecule has 1 saturated heterocycles. The fourth-order valence-electron chi connectivity index (χ4n) is 3.94. The van der Waals surface area contributed by atoms with Gasteiger partial charge in [-0.1, -0.05) is 12.1 Å². The van der Waals surface area contributed by atoms with E-state index in [-0.39, 0.29) is 17.3 Å². The molecular formula is C22H24NO5+. The van der Waals surface area contributed by atoms with Gasteiger partial charge >= 0.3 is 0 Å². The third-order valence-corrected chi connectivity index (χ3v) is 5.37. The molecule has 2 N–H and O–H groups in total. The van der Waals surface area contributed by atoms with Gasteiger partial charge in [-0.25, -0.2) is 0 Å². The highest BCUT2D eigenvalue weighted by atomic mass is 16.5. The van der Waals surface area contributed by atoms with E-state index in [1.807, 2.05) is 12.1 Å². The molecule has 0 amide bonds. The molecule has 6 nitrogen and oxygen atoms in total. The van der Waals surface area contributed by atoms with Crippen LogP contribution in [-0.4, -0.2) is 38.2 Å². The second-order valence-electron chi connectivity index (χ2n) is 7.10. The molecule has 2 heterocycles. The lowest BCUT2D eigenvalue weighted by Crippen LogP contribution is -3.08. The van der Waals surface area contributed by atoms with Crippen molar-refractivity contribution in [3.63, 3.8) is 0 Å². The number of phenols is 1. The Hall–Kier alpha value is -2.99. The Labute approximate surface area is 163 Å². The lowest BCUT2D eigenvalue weighted by molar-refractivity contribution is -0.901. The van der Waals surface area contributed by atoms with Crippen LogP contribution in [0.15, 0.2) is 36.1 Å². The molecule has 2 aromatic carbocycles. The summed E-state index contributed by atoms with van der Waals surface area (Å²) in [5, 5.41) is 10.4. The SMILES string of the molecule is COc1cccc(/C=C2\Oc3c(ccc(O)c3C[NH+]3CCCC3)C2=O)c1OC. The van der Waals surface area contributed by atoms with Crippen LogP contribution in [0, 0.1) is 0 Å². The van der Waals surface area contributed by atoms with Crippen molar-refractivity contribution in [3.05, 3.63) is 52.8 Å². The first-order valence-corrected chi connectivity index (χ1v) is 9.46. The number of carbonyl (C=O) groups excluding carboxylic acids is 1. The molecule has 146 valence electrons. The second kappa shape index (κ2) is 7.56. The summed E-state index contributed by atoms with van der Waals surface area (Å²) < 4.78 is 16.7. The average Bonchev–Trinajstić information content (AvgIpc) is 3.32. The largest absolute Gasteiger partial charge is 0.507 e. The summed E-state index contributed by atoms with van der Waals surface area (Å²) in [5.74, 6) is 1.77. The Bertz CT molecular complexity index is 944. The van der Waals surface area contributed by atoms with Crippen molar-refractivity contribution < 1.29 is 29.0 Å². The van der Waals surface area contributed by atoms with Crippen LogP contribution in [0.4, 0.5) is 0 Å². The average molecular weight is 382 g/mol. The predicted molar refractivity (Wildman–Crippen MR) is 104 cm³/mol. The van der Waals surface area contributed by atoms with Crippen molar-refractivity contribution >= 4 is 11.9 Å². The lowest BCUT2D eigenvalue weighted by atomic mass is 10.0. The number of fused-ring (bicyclic) bond motifs is 1. The third-order valence-electron chi connectivity index (χ3n) is 5.37. The van der Waals surface area contributed by atoms with Crippen molar-refractivity contribution in [2.24, 2.45) is 0 Å². The highest BCUT2D eigenvalue weighted by Gasteiger charge is 2.33. The van der Waals surface area contributed by atoms with E-state index in [9.17, 15) is 9.90 Å². The van der Waals surface area contributed by atoms with Gasteiger partial charge in [-0.15, -0.1) is 0 Å². The number of benzene rings is 2. The Morgan fingerprint density at radius 2 is 1.93 bits per heavy atom. The fraction of sp³-hybridized carbons (Fsp3) is 0.318. The fourth-order valence-corrected chi connectivity index (χ4v) is 3.94. The van der Waals surface area contributed by atoms with E-state index in [0.717, 1.165) is 13.1 Å². The van der Waals surface area contributed by atoms with E-state index in [1.165, 1.54) is 17.7 Å². The molecule has 2 aromatic rings. The topological polar surface area (TPSA) is 69.4 Å². The van der Waals surface area contributed by atoms with Gasteiger partial charge in [0, 0.05) is 18.4 Å². The van der Waals surface area contributed by atoms with E-state index in [4.69, 9.17) is 14.2 Å². The van der Waals surface area contributed by atoms with Crippen LogP contribution in [0.5, 0.6) is 23.0 Å². The second-order valence-corrected chi connectivity index (χ2v) is 7.10. The molecule has 2 aliphatic heterocycles. The molecule has 0 spiro atoms. The van der Waals surface area contributed by atoms with Gasteiger partial charge in [-0.3, -0.25) is 4.79 Å². The van der Waals surface area contributed by atoms with E-state index in [0.29, 0.717) is 40.5 Å². The predicted octanol–water partition coefficient (Wildman–Crippen LogP) is 2.20. The zero-order valence-corrected chi connectivity index (χ0v) is 16.1. The van der Waals surface area contributed by atoms with Crippen molar-refractivity contribution in [2.75, 3.05) is 27.3 Å². The number of ether oxygens (including phenoxy) is 3. The van der Waals surface area contributed by atoms with E-state index >= 15 is 0 Å². The molecule has 4 rings (SSSR count). The number of phenolic OH excluding ortho intramolecular Hbond substituents is 1. The van der Waals surface area contributed by atoms with Gasteiger partial charge in [-0.2, -0.15) is 0 Å². The molecular weight excluding hydrogens is 358 g/mol. The first kappa shape index (κ1) is 18.4. The van der Waals surface area contributed by atoms with E-state index in [1.54, 1.807) is 38.5 Å². The number of methoxy groups -OCH3 is 2. The Balaban J connectivity index is 1.70. The van der Waals surface area contributed by atoms with Crippen LogP contribution in [0.1, 0.15) is 34.3 Å². The molecule has 0 aliphatic carbocycles. The molecule has 0 aromatic heterocycles. The maximum Gasteiger partial charge on any atom is 0.231 e. The first-order valence-electron chi connectivity index (χ1n) is 9.46. The number of nitrogens with one attached hydrogen (secondary N) is 1. The standard InChI is InChI=1S/C22H23NO5/c1-26-18-7-5-6-14(21(18)27-2)12-19-20(25)15-8-9-17(24)16(22(15)28-19)13-23-10-3-4-11-23/h5-9,12,24H,3-4,10-11,13H2,1-2H3/p+1/b19-12-. The molecule has 0 bridgehead atoms. The van der Waals surface area contributed by atoms with Gasteiger partial charge in [0.25, 0.3) is 0 Å². The first-order chi connectivity index (χ1) is 13.6. The highest BCUT2D eigenvalue weighted by molar-refractivity contribution is 6.15. The summed E-state index contributed by atoms with van der Waals surface area (Å²) >= 11 is 0. The molecule has 0 unspecified atom stereocenters. The van der Waals surface area contributed by atoms with E-state index < -0.39 is 0 Å². The molecule has 0 atom stereocenters. The molecule has 2 aliphatic rings. The quantitative estimate of drug-likeness (QED) is 0.776. The normalized spacial score (nSPS) is 17.6. The highest BCUT2D eigenvalue weighted by Crippen LogP contribution is 2.40. The van der Waals surface area contributed by atoms with Crippen LogP contribution in [0.3, 0.4) is 0 Å². The van der Waals surface area contributed by atoms with Crippen molar-refractivity contribution in [1.82, 2.24) is 0 Å². The summed E-state index contributed by atoms with van der Waals surface area (Å²) in [7, 11) is 3.12. The van der Waals surface area contributed by atoms with Gasteiger partial charge in [0.05, 0.1) is 38.4 Å². The summed E-state index contributed by atoms with van der Waals surface area (Å²) in [6.07, 6.45) is 4.03. The minimum Gasteiger partial charge on any atom is -0.507 e. The number of ketones is 1. The van der Waals surface area contributed by atoms with Crippen LogP contribution in [0.25, 0.3) is 6.08 Å². The van der Waals surface area contributed by atoms with Crippen molar-refractivity contribution in [2.45, 2.75) is 19.4 Å². The minimum atomic E-state index is -0.197. The molecule has 28 heavy (non-hydrogen) atoms. The number of likely N-dealkylation sites (tertiary alicyclic amines) is 1. The molecule has 6 heteroatoms. The number of Topliss-reactive ketones (excluding diaryl/α,β-unsaturated/α-hetero) is 1. The number of carbonyl (C=O) groups is 1. The van der Waals surface area contributed by atoms with E-state index in [2.05, 4.69) is 0 Å². The summed E-state index contributed by atoms with van der Waals surface area (Å²) in [6.45, 7) is 2.79. The number of aromatic hydroxyl groups is 1.